The first kappa shape index (κ1) is 13.1. The van der Waals surface area contributed by atoms with Crippen LogP contribution in [0, 0.1) is 5.92 Å². The molecule has 1 saturated heterocycles. The molecule has 106 valence electrons. The van der Waals surface area contributed by atoms with E-state index in [1.807, 2.05) is 0 Å². The molecule has 0 N–H and O–H groups in total. The van der Waals surface area contributed by atoms with Crippen LogP contribution in [0.25, 0.3) is 0 Å². The van der Waals surface area contributed by atoms with E-state index in [9.17, 15) is 0 Å². The Bertz CT molecular complexity index is 448. The lowest BCUT2D eigenvalue weighted by Crippen LogP contribution is -2.35. The molecule has 0 bridgehead atoms. The topological polar surface area (TPSA) is 42.2 Å². The van der Waals surface area contributed by atoms with E-state index in [1.54, 1.807) is 0 Å². The Labute approximate surface area is 115 Å². The Morgan fingerprint density at radius 1 is 1.16 bits per heavy atom. The summed E-state index contributed by atoms with van der Waals surface area (Å²) in [5.41, 5.74) is 0.172. The first-order valence-corrected chi connectivity index (χ1v) is 7.45. The van der Waals surface area contributed by atoms with Gasteiger partial charge in [0.2, 0.25) is 11.8 Å². The van der Waals surface area contributed by atoms with Gasteiger partial charge >= 0.3 is 0 Å². The SMILES string of the molecule is CN1CCC(C2(c3nnc(C(C)(C)C)o3)CC2)CC1. The molecule has 2 heterocycles. The van der Waals surface area contributed by atoms with Crippen molar-refractivity contribution in [2.45, 2.75) is 57.3 Å². The zero-order valence-electron chi connectivity index (χ0n) is 12.6. The molecule has 2 fully saturated rings. The lowest BCUT2D eigenvalue weighted by Gasteiger charge is -2.33. The number of hydrogen-bond donors (Lipinski definition) is 0. The van der Waals surface area contributed by atoms with Gasteiger partial charge in [0.15, 0.2) is 0 Å². The lowest BCUT2D eigenvalue weighted by atomic mass is 9.81. The molecule has 0 amide bonds. The molecule has 0 atom stereocenters. The van der Waals surface area contributed by atoms with E-state index in [2.05, 4.69) is 42.9 Å². The molecule has 3 rings (SSSR count). The van der Waals surface area contributed by atoms with Gasteiger partial charge in [0.1, 0.15) is 0 Å². The molecule has 1 aliphatic carbocycles. The minimum atomic E-state index is -0.0475. The molecule has 19 heavy (non-hydrogen) atoms. The molecular formula is C15H25N3O. The molecule has 1 aromatic rings. The third-order valence-corrected chi connectivity index (χ3v) is 4.78. The molecule has 4 heteroatoms. The van der Waals surface area contributed by atoms with Crippen LogP contribution >= 0.6 is 0 Å². The smallest absolute Gasteiger partial charge is 0.222 e. The Hall–Kier alpha value is -0.900. The van der Waals surface area contributed by atoms with Gasteiger partial charge in [-0.3, -0.25) is 0 Å². The Morgan fingerprint density at radius 3 is 2.26 bits per heavy atom. The second-order valence-corrected chi connectivity index (χ2v) is 7.40. The summed E-state index contributed by atoms with van der Waals surface area (Å²) >= 11 is 0. The first-order chi connectivity index (χ1) is 8.92. The standard InChI is InChI=1S/C15H25N3O/c1-14(2,3)12-16-17-13(19-12)15(7-8-15)11-5-9-18(4)10-6-11/h11H,5-10H2,1-4H3. The molecule has 2 aliphatic rings. The third kappa shape index (κ3) is 2.31. The Kier molecular flexibility index (Phi) is 2.97. The maximum Gasteiger partial charge on any atom is 0.222 e. The highest BCUT2D eigenvalue weighted by Gasteiger charge is 2.55. The minimum absolute atomic E-state index is 0.0475. The number of aromatic nitrogens is 2. The van der Waals surface area contributed by atoms with Gasteiger partial charge in [-0.15, -0.1) is 10.2 Å². The molecule has 0 unspecified atom stereocenters. The molecule has 1 aromatic heterocycles. The van der Waals surface area contributed by atoms with E-state index in [1.165, 1.54) is 38.8 Å². The van der Waals surface area contributed by atoms with Gasteiger partial charge in [-0.1, -0.05) is 20.8 Å². The maximum absolute atomic E-state index is 6.02. The van der Waals surface area contributed by atoms with Crippen molar-refractivity contribution in [2.24, 2.45) is 5.92 Å². The van der Waals surface area contributed by atoms with Crippen molar-refractivity contribution < 1.29 is 4.42 Å². The fourth-order valence-electron chi connectivity index (χ4n) is 3.22. The molecule has 0 radical (unpaired) electrons. The summed E-state index contributed by atoms with van der Waals surface area (Å²) in [6.45, 7) is 8.78. The average molecular weight is 263 g/mol. The van der Waals surface area contributed by atoms with Gasteiger partial charge in [0.25, 0.3) is 0 Å². The van der Waals surface area contributed by atoms with Gasteiger partial charge < -0.3 is 9.32 Å². The fourth-order valence-corrected chi connectivity index (χ4v) is 3.22. The van der Waals surface area contributed by atoms with Gasteiger partial charge in [0, 0.05) is 5.41 Å². The quantitative estimate of drug-likeness (QED) is 0.823. The van der Waals surface area contributed by atoms with Gasteiger partial charge in [-0.25, -0.2) is 0 Å². The summed E-state index contributed by atoms with van der Waals surface area (Å²) in [6.07, 6.45) is 4.99. The van der Waals surface area contributed by atoms with E-state index >= 15 is 0 Å². The summed E-state index contributed by atoms with van der Waals surface area (Å²) in [6, 6.07) is 0. The van der Waals surface area contributed by atoms with Crippen molar-refractivity contribution in [2.75, 3.05) is 20.1 Å². The van der Waals surface area contributed by atoms with Crippen LogP contribution in [-0.4, -0.2) is 35.2 Å². The van der Waals surface area contributed by atoms with Crippen LogP contribution in [0.15, 0.2) is 4.42 Å². The summed E-state index contributed by atoms with van der Waals surface area (Å²) < 4.78 is 6.02. The molecule has 0 spiro atoms. The van der Waals surface area contributed by atoms with Crippen molar-refractivity contribution in [3.63, 3.8) is 0 Å². The average Bonchev–Trinajstić information content (AvgIpc) is 2.98. The maximum atomic E-state index is 6.02. The Morgan fingerprint density at radius 2 is 1.79 bits per heavy atom. The Balaban J connectivity index is 1.79. The van der Waals surface area contributed by atoms with Gasteiger partial charge in [-0.05, 0) is 51.7 Å². The monoisotopic (exact) mass is 263 g/mol. The van der Waals surface area contributed by atoms with E-state index < -0.39 is 0 Å². The summed E-state index contributed by atoms with van der Waals surface area (Å²) in [7, 11) is 2.21. The van der Waals surface area contributed by atoms with Crippen molar-refractivity contribution in [3.05, 3.63) is 11.8 Å². The normalized spacial score (nSPS) is 24.6. The minimum Gasteiger partial charge on any atom is -0.424 e. The van der Waals surface area contributed by atoms with Crippen LogP contribution < -0.4 is 0 Å². The molecule has 1 saturated carbocycles. The first-order valence-electron chi connectivity index (χ1n) is 7.45. The van der Waals surface area contributed by atoms with Crippen molar-refractivity contribution in [3.8, 4) is 0 Å². The van der Waals surface area contributed by atoms with Crippen LogP contribution in [-0.2, 0) is 10.8 Å². The second-order valence-electron chi connectivity index (χ2n) is 7.40. The van der Waals surface area contributed by atoms with E-state index in [-0.39, 0.29) is 10.8 Å². The molecule has 4 nitrogen and oxygen atoms in total. The second kappa shape index (κ2) is 4.30. The number of likely N-dealkylation sites (tertiary alicyclic amines) is 1. The van der Waals surface area contributed by atoms with Crippen LogP contribution in [0.3, 0.4) is 0 Å². The van der Waals surface area contributed by atoms with Crippen molar-refractivity contribution >= 4 is 0 Å². The van der Waals surface area contributed by atoms with Crippen LogP contribution in [0.5, 0.6) is 0 Å². The summed E-state index contributed by atoms with van der Waals surface area (Å²) in [4.78, 5) is 2.42. The van der Waals surface area contributed by atoms with Crippen LogP contribution in [0.4, 0.5) is 0 Å². The summed E-state index contributed by atoms with van der Waals surface area (Å²) in [5, 5.41) is 8.66. The zero-order valence-corrected chi connectivity index (χ0v) is 12.6. The lowest BCUT2D eigenvalue weighted by molar-refractivity contribution is 0.174. The van der Waals surface area contributed by atoms with Gasteiger partial charge in [-0.2, -0.15) is 0 Å². The highest BCUT2D eigenvalue weighted by molar-refractivity contribution is 5.19. The number of piperidine rings is 1. The third-order valence-electron chi connectivity index (χ3n) is 4.78. The molecule has 0 aromatic carbocycles. The highest BCUT2D eigenvalue weighted by Crippen LogP contribution is 2.56. The fraction of sp³-hybridized carbons (Fsp3) is 0.867. The largest absolute Gasteiger partial charge is 0.424 e. The predicted molar refractivity (Wildman–Crippen MR) is 74.1 cm³/mol. The van der Waals surface area contributed by atoms with E-state index in [0.29, 0.717) is 0 Å². The molecular weight excluding hydrogens is 238 g/mol. The van der Waals surface area contributed by atoms with Crippen LogP contribution in [0.2, 0.25) is 0 Å². The number of hydrogen-bond acceptors (Lipinski definition) is 4. The van der Waals surface area contributed by atoms with Crippen LogP contribution in [0.1, 0.15) is 58.2 Å². The van der Waals surface area contributed by atoms with E-state index in [4.69, 9.17) is 4.42 Å². The number of rotatable bonds is 2. The number of nitrogens with zero attached hydrogens (tertiary/aromatic N) is 3. The highest BCUT2D eigenvalue weighted by atomic mass is 16.4. The predicted octanol–water partition coefficient (Wildman–Crippen LogP) is 2.74. The van der Waals surface area contributed by atoms with Crippen molar-refractivity contribution in [1.82, 2.24) is 15.1 Å². The summed E-state index contributed by atoms with van der Waals surface area (Å²) in [5.74, 6) is 2.42. The van der Waals surface area contributed by atoms with Gasteiger partial charge in [0.05, 0.1) is 5.41 Å². The van der Waals surface area contributed by atoms with Crippen molar-refractivity contribution in [1.29, 1.82) is 0 Å². The molecule has 1 aliphatic heterocycles. The zero-order chi connectivity index (χ0) is 13.7. The van der Waals surface area contributed by atoms with E-state index in [0.717, 1.165) is 17.7 Å².